The Morgan fingerprint density at radius 3 is 2.45 bits per heavy atom. The number of carbonyl (C=O) groups is 2. The van der Waals surface area contributed by atoms with E-state index in [0.717, 1.165) is 0 Å². The van der Waals surface area contributed by atoms with Gasteiger partial charge in [0.15, 0.2) is 0 Å². The van der Waals surface area contributed by atoms with Crippen LogP contribution in [0.1, 0.15) is 10.4 Å². The largest absolute Gasteiger partial charge is 0.412 e. The topological polar surface area (TPSA) is 67.4 Å². The molecule has 22 heavy (non-hydrogen) atoms. The lowest BCUT2D eigenvalue weighted by molar-refractivity contribution is 0.102. The summed E-state index contributed by atoms with van der Waals surface area (Å²) in [6.07, 6.45) is -0.660. The summed E-state index contributed by atoms with van der Waals surface area (Å²) in [4.78, 5) is 23.3. The van der Waals surface area contributed by atoms with Crippen molar-refractivity contribution in [3.63, 3.8) is 0 Å². The molecule has 2 amide bonds. The van der Waals surface area contributed by atoms with Crippen molar-refractivity contribution < 1.29 is 18.7 Å². The van der Waals surface area contributed by atoms with Crippen molar-refractivity contribution in [2.24, 2.45) is 0 Å². The van der Waals surface area contributed by atoms with Crippen LogP contribution >= 0.6 is 11.6 Å². The molecular formula is C15H12ClFN2O3. The second kappa shape index (κ2) is 6.91. The molecule has 0 atom stereocenters. The number of benzene rings is 2. The van der Waals surface area contributed by atoms with Gasteiger partial charge in [0.1, 0.15) is 11.6 Å². The molecule has 0 aliphatic heterocycles. The van der Waals surface area contributed by atoms with Gasteiger partial charge in [-0.25, -0.2) is 9.18 Å². The lowest BCUT2D eigenvalue weighted by Crippen LogP contribution is -2.22. The minimum absolute atomic E-state index is 0.132. The molecule has 0 saturated carbocycles. The molecule has 0 radical (unpaired) electrons. The van der Waals surface area contributed by atoms with Crippen LogP contribution in [0, 0.1) is 5.82 Å². The van der Waals surface area contributed by atoms with Gasteiger partial charge in [-0.1, -0.05) is 11.6 Å². The fourth-order valence-electron chi connectivity index (χ4n) is 1.63. The van der Waals surface area contributed by atoms with Gasteiger partial charge in [-0.3, -0.25) is 4.79 Å². The lowest BCUT2D eigenvalue weighted by atomic mass is 10.2. The number of anilines is 1. The minimum Gasteiger partial charge on any atom is -0.410 e. The van der Waals surface area contributed by atoms with Gasteiger partial charge in [0.05, 0.1) is 10.6 Å². The molecule has 0 saturated heterocycles. The van der Waals surface area contributed by atoms with Crippen LogP contribution in [0.25, 0.3) is 0 Å². The van der Waals surface area contributed by atoms with E-state index < -0.39 is 17.8 Å². The van der Waals surface area contributed by atoms with E-state index >= 15 is 0 Å². The highest BCUT2D eigenvalue weighted by Gasteiger charge is 2.13. The quantitative estimate of drug-likeness (QED) is 0.909. The predicted octanol–water partition coefficient (Wildman–Crippen LogP) is 3.45. The van der Waals surface area contributed by atoms with Crippen molar-refractivity contribution in [3.8, 4) is 5.75 Å². The Balaban J connectivity index is 2.19. The number of carbonyl (C=O) groups excluding carboxylic acids is 2. The maximum Gasteiger partial charge on any atom is 0.412 e. The highest BCUT2D eigenvalue weighted by atomic mass is 35.5. The fraction of sp³-hybridized carbons (Fsp3) is 0.0667. The van der Waals surface area contributed by atoms with Crippen molar-refractivity contribution in [3.05, 3.63) is 58.9 Å². The smallest absolute Gasteiger partial charge is 0.410 e. The van der Waals surface area contributed by atoms with Crippen LogP contribution in [0.5, 0.6) is 5.75 Å². The minimum atomic E-state index is -0.660. The maximum atomic E-state index is 12.8. The number of halogens is 2. The van der Waals surface area contributed by atoms with Crippen molar-refractivity contribution >= 4 is 29.3 Å². The summed E-state index contributed by atoms with van der Waals surface area (Å²) in [5, 5.41) is 5.06. The average molecular weight is 323 g/mol. The number of hydrogen-bond acceptors (Lipinski definition) is 3. The van der Waals surface area contributed by atoms with E-state index in [9.17, 15) is 14.0 Å². The van der Waals surface area contributed by atoms with Crippen LogP contribution in [0.2, 0.25) is 5.02 Å². The van der Waals surface area contributed by atoms with Crippen LogP contribution in [0.4, 0.5) is 14.9 Å². The highest BCUT2D eigenvalue weighted by molar-refractivity contribution is 6.34. The first kappa shape index (κ1) is 15.8. The molecule has 2 rings (SSSR count). The number of nitrogens with one attached hydrogen (secondary N) is 2. The normalized spacial score (nSPS) is 9.95. The zero-order valence-corrected chi connectivity index (χ0v) is 12.3. The molecule has 2 aromatic carbocycles. The molecule has 0 spiro atoms. The Hall–Kier alpha value is -2.60. The van der Waals surface area contributed by atoms with E-state index in [0.29, 0.717) is 5.69 Å². The first-order valence-corrected chi connectivity index (χ1v) is 6.63. The SMILES string of the molecule is CNC(=O)Oc1ccc(Cl)c(C(=O)Nc2ccc(F)cc2)c1. The van der Waals surface area contributed by atoms with E-state index in [1.54, 1.807) is 0 Å². The molecule has 5 nitrogen and oxygen atoms in total. The predicted molar refractivity (Wildman–Crippen MR) is 80.9 cm³/mol. The summed E-state index contributed by atoms with van der Waals surface area (Å²) in [6, 6.07) is 9.55. The standard InChI is InChI=1S/C15H12ClFN2O3/c1-18-15(21)22-11-6-7-13(16)12(8-11)14(20)19-10-4-2-9(17)3-5-10/h2-8H,1H3,(H,18,21)(H,19,20). The van der Waals surface area contributed by atoms with Gasteiger partial charge < -0.3 is 15.4 Å². The summed E-state index contributed by atoms with van der Waals surface area (Å²) in [6.45, 7) is 0. The van der Waals surface area contributed by atoms with Crippen LogP contribution in [-0.2, 0) is 0 Å². The summed E-state index contributed by atoms with van der Waals surface area (Å²) < 4.78 is 17.8. The lowest BCUT2D eigenvalue weighted by Gasteiger charge is -2.09. The van der Waals surface area contributed by atoms with Gasteiger partial charge in [-0.05, 0) is 42.5 Å². The van der Waals surface area contributed by atoms with Gasteiger partial charge in [0.25, 0.3) is 5.91 Å². The summed E-state index contributed by atoms with van der Waals surface area (Å²) in [5.41, 5.74) is 0.549. The molecule has 0 aliphatic rings. The Bertz CT molecular complexity index is 704. The van der Waals surface area contributed by atoms with Gasteiger partial charge in [-0.2, -0.15) is 0 Å². The van der Waals surface area contributed by atoms with Crippen molar-refractivity contribution in [1.82, 2.24) is 5.32 Å². The van der Waals surface area contributed by atoms with Gasteiger partial charge >= 0.3 is 6.09 Å². The molecule has 0 aliphatic carbocycles. The number of amides is 2. The van der Waals surface area contributed by atoms with Crippen LogP contribution in [0.3, 0.4) is 0 Å². The second-order valence-electron chi connectivity index (χ2n) is 4.24. The summed E-state index contributed by atoms with van der Waals surface area (Å²) >= 11 is 5.98. The van der Waals surface area contributed by atoms with Crippen molar-refractivity contribution in [1.29, 1.82) is 0 Å². The molecule has 114 valence electrons. The third-order valence-corrected chi connectivity index (χ3v) is 3.03. The number of hydrogen-bond donors (Lipinski definition) is 2. The Morgan fingerprint density at radius 2 is 1.82 bits per heavy atom. The second-order valence-corrected chi connectivity index (χ2v) is 4.65. The third-order valence-electron chi connectivity index (χ3n) is 2.70. The van der Waals surface area contributed by atoms with Gasteiger partial charge in [0, 0.05) is 12.7 Å². The first-order chi connectivity index (χ1) is 10.5. The van der Waals surface area contributed by atoms with Crippen molar-refractivity contribution in [2.75, 3.05) is 12.4 Å². The van der Waals surface area contributed by atoms with Crippen LogP contribution in [-0.4, -0.2) is 19.0 Å². The zero-order chi connectivity index (χ0) is 16.1. The van der Waals surface area contributed by atoms with Crippen LogP contribution in [0.15, 0.2) is 42.5 Å². The maximum absolute atomic E-state index is 12.8. The average Bonchev–Trinajstić information content (AvgIpc) is 2.51. The van der Waals surface area contributed by atoms with Gasteiger partial charge in [0.2, 0.25) is 0 Å². The molecule has 0 aromatic heterocycles. The van der Waals surface area contributed by atoms with E-state index in [1.807, 2.05) is 0 Å². The van der Waals surface area contributed by atoms with E-state index in [4.69, 9.17) is 16.3 Å². The highest BCUT2D eigenvalue weighted by Crippen LogP contribution is 2.23. The summed E-state index contributed by atoms with van der Waals surface area (Å²) in [7, 11) is 1.42. The van der Waals surface area contributed by atoms with E-state index in [-0.39, 0.29) is 16.3 Å². The third kappa shape index (κ3) is 3.95. The van der Waals surface area contributed by atoms with E-state index in [2.05, 4.69) is 10.6 Å². The molecule has 0 heterocycles. The molecule has 7 heteroatoms. The van der Waals surface area contributed by atoms with Crippen molar-refractivity contribution in [2.45, 2.75) is 0 Å². The fourth-order valence-corrected chi connectivity index (χ4v) is 1.83. The Morgan fingerprint density at radius 1 is 1.14 bits per heavy atom. The number of rotatable bonds is 3. The van der Waals surface area contributed by atoms with Gasteiger partial charge in [-0.15, -0.1) is 0 Å². The Kier molecular flexibility index (Phi) is 4.95. The monoisotopic (exact) mass is 322 g/mol. The number of ether oxygens (including phenoxy) is 1. The molecule has 2 aromatic rings. The molecule has 0 bridgehead atoms. The summed E-state index contributed by atoms with van der Waals surface area (Å²) in [5.74, 6) is -0.732. The molecular weight excluding hydrogens is 311 g/mol. The van der Waals surface area contributed by atoms with E-state index in [1.165, 1.54) is 49.5 Å². The Labute approximate surface area is 131 Å². The molecule has 0 unspecified atom stereocenters. The molecule has 2 N–H and O–H groups in total. The van der Waals surface area contributed by atoms with Crippen LogP contribution < -0.4 is 15.4 Å². The first-order valence-electron chi connectivity index (χ1n) is 6.25. The zero-order valence-electron chi connectivity index (χ0n) is 11.5. The molecule has 0 fully saturated rings.